The summed E-state index contributed by atoms with van der Waals surface area (Å²) >= 11 is 0. The summed E-state index contributed by atoms with van der Waals surface area (Å²) in [7, 11) is 1.54. The van der Waals surface area contributed by atoms with E-state index in [-0.39, 0.29) is 11.7 Å². The van der Waals surface area contributed by atoms with Crippen molar-refractivity contribution in [1.29, 1.82) is 0 Å². The first-order valence-corrected chi connectivity index (χ1v) is 6.20. The van der Waals surface area contributed by atoms with Gasteiger partial charge in [-0.05, 0) is 20.8 Å². The van der Waals surface area contributed by atoms with E-state index in [1.165, 1.54) is 7.05 Å². The van der Waals surface area contributed by atoms with E-state index in [1.807, 2.05) is 26.8 Å². The second-order valence-corrected chi connectivity index (χ2v) is 4.95. The molecule has 1 aliphatic rings. The van der Waals surface area contributed by atoms with Crippen LogP contribution in [0.4, 0.5) is 4.79 Å². The third kappa shape index (κ3) is 10.1. The Balaban J connectivity index is 0.000000321. The molecule has 1 fully saturated rings. The van der Waals surface area contributed by atoms with Crippen molar-refractivity contribution in [3.05, 3.63) is 12.7 Å². The van der Waals surface area contributed by atoms with Crippen LogP contribution in [0.25, 0.3) is 0 Å². The van der Waals surface area contributed by atoms with Crippen LogP contribution in [-0.4, -0.2) is 56.5 Å². The molecule has 18 heavy (non-hydrogen) atoms. The van der Waals surface area contributed by atoms with E-state index >= 15 is 0 Å². The van der Waals surface area contributed by atoms with Gasteiger partial charge in [-0.25, -0.2) is 4.79 Å². The van der Waals surface area contributed by atoms with Gasteiger partial charge in [0.2, 0.25) is 0 Å². The van der Waals surface area contributed by atoms with Crippen LogP contribution in [0.5, 0.6) is 0 Å². The van der Waals surface area contributed by atoms with Crippen LogP contribution in [0.15, 0.2) is 12.7 Å². The summed E-state index contributed by atoms with van der Waals surface area (Å²) in [5.74, 6) is 0. The Morgan fingerprint density at radius 1 is 1.44 bits per heavy atom. The summed E-state index contributed by atoms with van der Waals surface area (Å²) in [6.07, 6.45) is 1.55. The zero-order valence-electron chi connectivity index (χ0n) is 12.0. The number of ether oxygens (including phenoxy) is 2. The number of carbonyl (C=O) groups excluding carboxylic acids is 1. The van der Waals surface area contributed by atoms with Crippen molar-refractivity contribution < 1.29 is 14.3 Å². The van der Waals surface area contributed by atoms with E-state index in [2.05, 4.69) is 16.8 Å². The smallest absolute Gasteiger partial charge is 0.407 e. The van der Waals surface area contributed by atoms with Crippen LogP contribution < -0.4 is 5.32 Å². The quantitative estimate of drug-likeness (QED) is 0.765. The number of alkyl carbamates (subject to hydrolysis) is 1. The predicted molar refractivity (Wildman–Crippen MR) is 72.7 cm³/mol. The second-order valence-electron chi connectivity index (χ2n) is 4.95. The van der Waals surface area contributed by atoms with Gasteiger partial charge in [0.25, 0.3) is 0 Å². The van der Waals surface area contributed by atoms with Crippen molar-refractivity contribution >= 4 is 6.09 Å². The van der Waals surface area contributed by atoms with E-state index in [4.69, 9.17) is 9.47 Å². The maximum absolute atomic E-state index is 10.5. The lowest BCUT2D eigenvalue weighted by atomic mass is 10.2. The average molecular weight is 258 g/mol. The molecule has 0 radical (unpaired) electrons. The maximum Gasteiger partial charge on any atom is 0.407 e. The van der Waals surface area contributed by atoms with Gasteiger partial charge in [0.15, 0.2) is 0 Å². The predicted octanol–water partition coefficient (Wildman–Crippen LogP) is 1.65. The molecule has 1 aliphatic heterocycles. The van der Waals surface area contributed by atoms with Gasteiger partial charge in [0.1, 0.15) is 5.60 Å². The van der Waals surface area contributed by atoms with Crippen LogP contribution in [0.2, 0.25) is 0 Å². The van der Waals surface area contributed by atoms with Crippen LogP contribution in [-0.2, 0) is 9.47 Å². The van der Waals surface area contributed by atoms with Gasteiger partial charge >= 0.3 is 6.09 Å². The molecule has 0 unspecified atom stereocenters. The lowest BCUT2D eigenvalue weighted by molar-refractivity contribution is 0.0434. The molecule has 1 amide bonds. The fraction of sp³-hybridized carbons (Fsp3) is 0.769. The Morgan fingerprint density at radius 3 is 2.33 bits per heavy atom. The number of nitrogens with one attached hydrogen (secondary N) is 1. The molecular formula is C13H26N2O3. The van der Waals surface area contributed by atoms with Crippen molar-refractivity contribution in [2.75, 3.05) is 39.9 Å². The first-order chi connectivity index (χ1) is 8.39. The number of nitrogens with zero attached hydrogens (tertiary/aromatic N) is 1. The first-order valence-electron chi connectivity index (χ1n) is 6.20. The molecule has 1 rings (SSSR count). The highest BCUT2D eigenvalue weighted by molar-refractivity contribution is 5.67. The van der Waals surface area contributed by atoms with E-state index in [9.17, 15) is 4.79 Å². The Labute approximate surface area is 110 Å². The molecule has 0 aromatic rings. The minimum absolute atomic E-state index is 0.387. The van der Waals surface area contributed by atoms with E-state index in [0.29, 0.717) is 0 Å². The van der Waals surface area contributed by atoms with E-state index in [1.54, 1.807) is 0 Å². The largest absolute Gasteiger partial charge is 0.444 e. The summed E-state index contributed by atoms with van der Waals surface area (Å²) < 4.78 is 10.0. The number of amides is 1. The molecule has 1 saturated heterocycles. The molecule has 106 valence electrons. The Morgan fingerprint density at radius 2 is 2.00 bits per heavy atom. The Hall–Kier alpha value is -1.07. The van der Waals surface area contributed by atoms with Crippen LogP contribution in [0, 0.1) is 0 Å². The van der Waals surface area contributed by atoms with Crippen molar-refractivity contribution in [3.63, 3.8) is 0 Å². The van der Waals surface area contributed by atoms with Crippen molar-refractivity contribution in [2.45, 2.75) is 26.4 Å². The zero-order valence-corrected chi connectivity index (χ0v) is 12.0. The zero-order chi connectivity index (χ0) is 14.0. The third-order valence-electron chi connectivity index (χ3n) is 2.09. The summed E-state index contributed by atoms with van der Waals surface area (Å²) in [6, 6.07) is 0. The van der Waals surface area contributed by atoms with Gasteiger partial charge in [-0.3, -0.25) is 4.90 Å². The first kappa shape index (κ1) is 16.9. The molecule has 5 heteroatoms. The Kier molecular flexibility index (Phi) is 8.41. The molecule has 0 spiro atoms. The molecule has 0 atom stereocenters. The van der Waals surface area contributed by atoms with Gasteiger partial charge in [0.05, 0.1) is 13.2 Å². The van der Waals surface area contributed by atoms with Crippen molar-refractivity contribution in [3.8, 4) is 0 Å². The summed E-state index contributed by atoms with van der Waals surface area (Å²) in [6.45, 7) is 14.0. The second kappa shape index (κ2) is 8.94. The molecule has 5 nitrogen and oxygen atoms in total. The summed E-state index contributed by atoms with van der Waals surface area (Å²) in [4.78, 5) is 12.8. The number of carbonyl (C=O) groups is 1. The lowest BCUT2D eigenvalue weighted by Gasteiger charge is -2.24. The highest BCUT2D eigenvalue weighted by atomic mass is 16.6. The van der Waals surface area contributed by atoms with Gasteiger partial charge in [-0.2, -0.15) is 0 Å². The van der Waals surface area contributed by atoms with Gasteiger partial charge in [-0.15, -0.1) is 6.58 Å². The highest BCUT2D eigenvalue weighted by Gasteiger charge is 2.13. The Bertz CT molecular complexity index is 243. The summed E-state index contributed by atoms with van der Waals surface area (Å²) in [5.41, 5.74) is -0.389. The molecular weight excluding hydrogens is 232 g/mol. The molecule has 0 aliphatic carbocycles. The standard InChI is InChI=1S/C7H13NO.C6H13NO2/c1-2-3-8-4-6-9-7-5-8;1-6(2,3)9-5(8)7-4/h2H,1,3-7H2;1-4H3,(H,7,8). The van der Waals surface area contributed by atoms with Crippen molar-refractivity contribution in [1.82, 2.24) is 10.2 Å². The lowest BCUT2D eigenvalue weighted by Crippen LogP contribution is -2.36. The SMILES string of the molecule is C=CCN1CCOCC1.CNC(=O)OC(C)(C)C. The number of hydrogen-bond acceptors (Lipinski definition) is 4. The average Bonchev–Trinajstić information content (AvgIpc) is 2.29. The minimum Gasteiger partial charge on any atom is -0.444 e. The number of hydrogen-bond donors (Lipinski definition) is 1. The minimum atomic E-state index is -0.389. The summed E-state index contributed by atoms with van der Waals surface area (Å²) in [5, 5.41) is 2.36. The van der Waals surface area contributed by atoms with Gasteiger partial charge in [-0.1, -0.05) is 6.08 Å². The fourth-order valence-electron chi connectivity index (χ4n) is 1.30. The monoisotopic (exact) mass is 258 g/mol. The molecule has 0 aromatic carbocycles. The molecule has 0 saturated carbocycles. The molecule has 0 bridgehead atoms. The fourth-order valence-corrected chi connectivity index (χ4v) is 1.30. The maximum atomic E-state index is 10.5. The normalized spacial score (nSPS) is 16.2. The van der Waals surface area contributed by atoms with E-state index < -0.39 is 0 Å². The molecule has 1 heterocycles. The molecule has 1 N–H and O–H groups in total. The van der Waals surface area contributed by atoms with Crippen LogP contribution in [0.3, 0.4) is 0 Å². The van der Waals surface area contributed by atoms with Crippen LogP contribution >= 0.6 is 0 Å². The van der Waals surface area contributed by atoms with Crippen molar-refractivity contribution in [2.24, 2.45) is 0 Å². The topological polar surface area (TPSA) is 50.8 Å². The van der Waals surface area contributed by atoms with Gasteiger partial charge < -0.3 is 14.8 Å². The highest BCUT2D eigenvalue weighted by Crippen LogP contribution is 2.05. The number of rotatable bonds is 2. The van der Waals surface area contributed by atoms with E-state index in [0.717, 1.165) is 32.8 Å². The van der Waals surface area contributed by atoms with Gasteiger partial charge in [0, 0.05) is 26.7 Å². The molecule has 0 aromatic heterocycles. The third-order valence-corrected chi connectivity index (χ3v) is 2.09. The number of morpholine rings is 1. The van der Waals surface area contributed by atoms with Crippen LogP contribution in [0.1, 0.15) is 20.8 Å².